The normalized spacial score (nSPS) is 15.4. The second-order valence-corrected chi connectivity index (χ2v) is 4.74. The fourth-order valence-electron chi connectivity index (χ4n) is 1.32. The van der Waals surface area contributed by atoms with Gasteiger partial charge in [0, 0.05) is 18.6 Å². The molecule has 0 bridgehead atoms. The summed E-state index contributed by atoms with van der Waals surface area (Å²) in [6.45, 7) is 0. The summed E-state index contributed by atoms with van der Waals surface area (Å²) in [7, 11) is 4.06. The molecule has 2 rings (SSSR count). The van der Waals surface area contributed by atoms with E-state index in [1.54, 1.807) is 0 Å². The molecule has 1 saturated carbocycles. The summed E-state index contributed by atoms with van der Waals surface area (Å²) in [4.78, 5) is 2.07. The van der Waals surface area contributed by atoms with Crippen LogP contribution >= 0.6 is 15.9 Å². The van der Waals surface area contributed by atoms with Crippen molar-refractivity contribution in [2.75, 3.05) is 19.0 Å². The molecule has 1 fully saturated rings. The van der Waals surface area contributed by atoms with Crippen LogP contribution in [0.1, 0.15) is 12.8 Å². The van der Waals surface area contributed by atoms with Gasteiger partial charge in [0.1, 0.15) is 5.75 Å². The second kappa shape index (κ2) is 3.81. The van der Waals surface area contributed by atoms with Crippen LogP contribution < -0.4 is 9.64 Å². The lowest BCUT2D eigenvalue weighted by molar-refractivity contribution is 0.304. The van der Waals surface area contributed by atoms with E-state index in [0.717, 1.165) is 15.9 Å². The van der Waals surface area contributed by atoms with Crippen LogP contribution in [-0.2, 0) is 0 Å². The first-order chi connectivity index (χ1) is 6.66. The Balaban J connectivity index is 2.27. The SMILES string of the molecule is CN(C)c1ccc(Br)cc1OC1CC1. The number of hydrogen-bond donors (Lipinski definition) is 0. The van der Waals surface area contributed by atoms with E-state index in [0.29, 0.717) is 6.10 Å². The number of anilines is 1. The van der Waals surface area contributed by atoms with Gasteiger partial charge < -0.3 is 9.64 Å². The van der Waals surface area contributed by atoms with Gasteiger partial charge in [0.05, 0.1) is 11.8 Å². The molecule has 0 N–H and O–H groups in total. The Kier molecular flexibility index (Phi) is 2.68. The molecule has 76 valence electrons. The van der Waals surface area contributed by atoms with Crippen molar-refractivity contribution >= 4 is 21.6 Å². The molecule has 0 heterocycles. The van der Waals surface area contributed by atoms with Crippen molar-refractivity contribution in [1.29, 1.82) is 0 Å². The van der Waals surface area contributed by atoms with Gasteiger partial charge in [-0.25, -0.2) is 0 Å². The first-order valence-electron chi connectivity index (χ1n) is 4.80. The average Bonchev–Trinajstić information content (AvgIpc) is 2.87. The highest BCUT2D eigenvalue weighted by Crippen LogP contribution is 2.35. The number of rotatable bonds is 3. The van der Waals surface area contributed by atoms with Crippen LogP contribution in [0.4, 0.5) is 5.69 Å². The molecule has 14 heavy (non-hydrogen) atoms. The van der Waals surface area contributed by atoms with E-state index in [4.69, 9.17) is 4.74 Å². The summed E-state index contributed by atoms with van der Waals surface area (Å²) in [5.74, 6) is 0.979. The van der Waals surface area contributed by atoms with Crippen LogP contribution in [0.5, 0.6) is 5.75 Å². The average molecular weight is 256 g/mol. The van der Waals surface area contributed by atoms with E-state index in [1.165, 1.54) is 12.8 Å². The Morgan fingerprint density at radius 2 is 2.07 bits per heavy atom. The van der Waals surface area contributed by atoms with E-state index < -0.39 is 0 Å². The van der Waals surface area contributed by atoms with E-state index in [-0.39, 0.29) is 0 Å². The minimum absolute atomic E-state index is 0.447. The Morgan fingerprint density at radius 1 is 1.36 bits per heavy atom. The first-order valence-corrected chi connectivity index (χ1v) is 5.59. The molecule has 1 aliphatic carbocycles. The molecule has 1 aromatic rings. The highest BCUT2D eigenvalue weighted by Gasteiger charge is 2.24. The molecule has 0 atom stereocenters. The molecule has 0 spiro atoms. The maximum Gasteiger partial charge on any atom is 0.144 e. The lowest BCUT2D eigenvalue weighted by Gasteiger charge is -2.17. The Morgan fingerprint density at radius 3 is 2.64 bits per heavy atom. The van der Waals surface area contributed by atoms with Crippen molar-refractivity contribution in [3.05, 3.63) is 22.7 Å². The van der Waals surface area contributed by atoms with Crippen molar-refractivity contribution in [3.8, 4) is 5.75 Å². The van der Waals surface area contributed by atoms with E-state index in [1.807, 2.05) is 26.2 Å². The molecule has 0 aliphatic heterocycles. The molecular weight excluding hydrogens is 242 g/mol. The molecule has 1 aromatic carbocycles. The fraction of sp³-hybridized carbons (Fsp3) is 0.455. The third-order valence-electron chi connectivity index (χ3n) is 2.22. The Hall–Kier alpha value is -0.700. The van der Waals surface area contributed by atoms with Gasteiger partial charge in [-0.3, -0.25) is 0 Å². The predicted octanol–water partition coefficient (Wildman–Crippen LogP) is 3.06. The van der Waals surface area contributed by atoms with Crippen LogP contribution in [0.2, 0.25) is 0 Å². The van der Waals surface area contributed by atoms with Crippen molar-refractivity contribution in [2.45, 2.75) is 18.9 Å². The molecule has 1 aliphatic rings. The Bertz CT molecular complexity index is 334. The van der Waals surface area contributed by atoms with Crippen molar-refractivity contribution in [1.82, 2.24) is 0 Å². The maximum absolute atomic E-state index is 5.83. The predicted molar refractivity (Wildman–Crippen MR) is 62.1 cm³/mol. The first kappa shape index (κ1) is 9.84. The lowest BCUT2D eigenvalue weighted by atomic mass is 10.3. The van der Waals surface area contributed by atoms with Gasteiger partial charge in [-0.05, 0) is 31.0 Å². The van der Waals surface area contributed by atoms with Gasteiger partial charge in [-0.15, -0.1) is 0 Å². The summed E-state index contributed by atoms with van der Waals surface area (Å²) in [6, 6.07) is 6.14. The Labute approximate surface area is 93.0 Å². The highest BCUT2D eigenvalue weighted by atomic mass is 79.9. The van der Waals surface area contributed by atoms with Crippen molar-refractivity contribution in [3.63, 3.8) is 0 Å². The van der Waals surface area contributed by atoms with E-state index in [2.05, 4.69) is 26.9 Å². The van der Waals surface area contributed by atoms with Crippen LogP contribution in [-0.4, -0.2) is 20.2 Å². The van der Waals surface area contributed by atoms with Crippen LogP contribution in [0.15, 0.2) is 22.7 Å². The van der Waals surface area contributed by atoms with Crippen LogP contribution in [0.3, 0.4) is 0 Å². The van der Waals surface area contributed by atoms with Crippen molar-refractivity contribution in [2.24, 2.45) is 0 Å². The minimum atomic E-state index is 0.447. The van der Waals surface area contributed by atoms with Gasteiger partial charge in [0.2, 0.25) is 0 Å². The number of ether oxygens (including phenoxy) is 1. The van der Waals surface area contributed by atoms with Gasteiger partial charge >= 0.3 is 0 Å². The zero-order chi connectivity index (χ0) is 10.1. The maximum atomic E-state index is 5.83. The molecule has 0 radical (unpaired) electrons. The largest absolute Gasteiger partial charge is 0.488 e. The van der Waals surface area contributed by atoms with Gasteiger partial charge in [0.25, 0.3) is 0 Å². The standard InChI is InChI=1S/C11H14BrNO/c1-13(2)10-6-3-8(12)7-11(10)14-9-4-5-9/h3,6-7,9H,4-5H2,1-2H3. The molecule has 0 saturated heterocycles. The summed E-state index contributed by atoms with van der Waals surface area (Å²) in [5.41, 5.74) is 1.14. The van der Waals surface area contributed by atoms with Crippen LogP contribution in [0, 0.1) is 0 Å². The summed E-state index contributed by atoms with van der Waals surface area (Å²) < 4.78 is 6.90. The number of benzene rings is 1. The quantitative estimate of drug-likeness (QED) is 0.824. The van der Waals surface area contributed by atoms with Gasteiger partial charge in [0.15, 0.2) is 0 Å². The fourth-order valence-corrected chi connectivity index (χ4v) is 1.66. The molecule has 3 heteroatoms. The van der Waals surface area contributed by atoms with Crippen LogP contribution in [0.25, 0.3) is 0 Å². The van der Waals surface area contributed by atoms with Crippen molar-refractivity contribution < 1.29 is 4.74 Å². The summed E-state index contributed by atoms with van der Waals surface area (Å²) >= 11 is 3.46. The summed E-state index contributed by atoms with van der Waals surface area (Å²) in [6.07, 6.45) is 2.83. The number of halogens is 1. The third-order valence-corrected chi connectivity index (χ3v) is 2.71. The third kappa shape index (κ3) is 2.21. The van der Waals surface area contributed by atoms with Gasteiger partial charge in [-0.1, -0.05) is 15.9 Å². The molecule has 0 aromatic heterocycles. The van der Waals surface area contributed by atoms with E-state index in [9.17, 15) is 0 Å². The molecule has 0 unspecified atom stereocenters. The van der Waals surface area contributed by atoms with Gasteiger partial charge in [-0.2, -0.15) is 0 Å². The van der Waals surface area contributed by atoms with E-state index >= 15 is 0 Å². The minimum Gasteiger partial charge on any atom is -0.488 e. The zero-order valence-corrected chi connectivity index (χ0v) is 10.0. The molecule has 2 nitrogen and oxygen atoms in total. The number of nitrogens with zero attached hydrogens (tertiary/aromatic N) is 1. The number of hydrogen-bond acceptors (Lipinski definition) is 2. The summed E-state index contributed by atoms with van der Waals surface area (Å²) in [5, 5.41) is 0. The monoisotopic (exact) mass is 255 g/mol. The molecule has 0 amide bonds. The topological polar surface area (TPSA) is 12.5 Å². The highest BCUT2D eigenvalue weighted by molar-refractivity contribution is 9.10. The zero-order valence-electron chi connectivity index (χ0n) is 8.46. The molecular formula is C11H14BrNO. The lowest BCUT2D eigenvalue weighted by Crippen LogP contribution is -2.11. The second-order valence-electron chi connectivity index (χ2n) is 3.82. The smallest absolute Gasteiger partial charge is 0.144 e.